The standard InChI is InChI=1S/C20H36O3/c1-14(13-17(21)22)8-11-18(3)15(2)9-12-19(4)16(18)7-6-10-20(19,5)23/h14-16,23H,6-13H2,1-5H3,(H,21,22)/t14-,15-,16-,18+,19-,20+/m1/s1. The fourth-order valence-electron chi connectivity index (χ4n) is 5.70. The maximum Gasteiger partial charge on any atom is 0.303 e. The Kier molecular flexibility index (Phi) is 5.21. The Morgan fingerprint density at radius 1 is 1.22 bits per heavy atom. The Bertz CT molecular complexity index is 444. The molecule has 0 aromatic rings. The zero-order chi connectivity index (χ0) is 17.5. The van der Waals surface area contributed by atoms with Gasteiger partial charge in [-0.05, 0) is 74.0 Å². The van der Waals surface area contributed by atoms with Crippen LogP contribution in [0.15, 0.2) is 0 Å². The van der Waals surface area contributed by atoms with E-state index in [1.807, 2.05) is 6.92 Å². The molecular formula is C20H36O3. The Balaban J connectivity index is 2.19. The van der Waals surface area contributed by atoms with E-state index in [4.69, 9.17) is 5.11 Å². The second-order valence-corrected chi connectivity index (χ2v) is 9.32. The lowest BCUT2D eigenvalue weighted by Gasteiger charge is -2.63. The first-order valence-corrected chi connectivity index (χ1v) is 9.47. The number of hydrogen-bond donors (Lipinski definition) is 2. The van der Waals surface area contributed by atoms with Crippen molar-refractivity contribution in [1.82, 2.24) is 0 Å². The van der Waals surface area contributed by atoms with Gasteiger partial charge in [0, 0.05) is 6.42 Å². The van der Waals surface area contributed by atoms with E-state index in [2.05, 4.69) is 27.7 Å². The SMILES string of the molecule is C[C@H](CC[C@@]1(C)[C@H](C)CC[C@]2(C)[C@@H]1CCC[C@]2(C)O)CC(=O)O. The van der Waals surface area contributed by atoms with Gasteiger partial charge in [-0.25, -0.2) is 0 Å². The molecule has 0 radical (unpaired) electrons. The van der Waals surface area contributed by atoms with E-state index in [1.54, 1.807) is 0 Å². The molecule has 23 heavy (non-hydrogen) atoms. The van der Waals surface area contributed by atoms with Crippen molar-refractivity contribution in [3.63, 3.8) is 0 Å². The van der Waals surface area contributed by atoms with Crippen LogP contribution >= 0.6 is 0 Å². The monoisotopic (exact) mass is 324 g/mol. The summed E-state index contributed by atoms with van der Waals surface area (Å²) in [7, 11) is 0. The summed E-state index contributed by atoms with van der Waals surface area (Å²) in [6.45, 7) is 11.2. The number of aliphatic carboxylic acids is 1. The molecule has 2 fully saturated rings. The minimum Gasteiger partial charge on any atom is -0.481 e. The first-order valence-electron chi connectivity index (χ1n) is 9.47. The van der Waals surface area contributed by atoms with Gasteiger partial charge in [0.15, 0.2) is 0 Å². The van der Waals surface area contributed by atoms with Crippen LogP contribution in [0, 0.1) is 28.6 Å². The Hall–Kier alpha value is -0.570. The largest absolute Gasteiger partial charge is 0.481 e. The molecule has 0 bridgehead atoms. The molecule has 0 amide bonds. The molecule has 3 heteroatoms. The maximum atomic E-state index is 11.1. The summed E-state index contributed by atoms with van der Waals surface area (Å²) in [5.41, 5.74) is -0.350. The highest BCUT2D eigenvalue weighted by molar-refractivity contribution is 5.66. The number of aliphatic hydroxyl groups is 1. The molecule has 0 aromatic carbocycles. The molecule has 0 spiro atoms. The summed E-state index contributed by atoms with van der Waals surface area (Å²) in [5.74, 6) is 0.727. The molecule has 3 nitrogen and oxygen atoms in total. The van der Waals surface area contributed by atoms with Gasteiger partial charge in [0.25, 0.3) is 0 Å². The van der Waals surface area contributed by atoms with Gasteiger partial charge in [0.1, 0.15) is 0 Å². The van der Waals surface area contributed by atoms with Crippen LogP contribution in [-0.2, 0) is 4.79 Å². The third-order valence-electron chi connectivity index (χ3n) is 7.87. The quantitative estimate of drug-likeness (QED) is 0.758. The van der Waals surface area contributed by atoms with Gasteiger partial charge in [0.05, 0.1) is 5.60 Å². The van der Waals surface area contributed by atoms with Gasteiger partial charge >= 0.3 is 5.97 Å². The fourth-order valence-corrected chi connectivity index (χ4v) is 5.70. The summed E-state index contributed by atoms with van der Waals surface area (Å²) in [4.78, 5) is 10.9. The van der Waals surface area contributed by atoms with E-state index >= 15 is 0 Å². The number of carbonyl (C=O) groups is 1. The van der Waals surface area contributed by atoms with E-state index in [0.29, 0.717) is 11.8 Å². The summed E-state index contributed by atoms with van der Waals surface area (Å²) in [5, 5.41) is 20.1. The minimum atomic E-state index is -0.690. The van der Waals surface area contributed by atoms with Crippen molar-refractivity contribution < 1.29 is 15.0 Å². The predicted molar refractivity (Wildman–Crippen MR) is 93.2 cm³/mol. The molecule has 0 aromatic heterocycles. The molecule has 2 aliphatic carbocycles. The van der Waals surface area contributed by atoms with Crippen molar-refractivity contribution >= 4 is 5.97 Å². The summed E-state index contributed by atoms with van der Waals surface area (Å²) in [6.07, 6.45) is 7.85. The van der Waals surface area contributed by atoms with Crippen LogP contribution in [0.4, 0.5) is 0 Å². The van der Waals surface area contributed by atoms with Crippen molar-refractivity contribution in [2.75, 3.05) is 0 Å². The molecule has 0 saturated heterocycles. The Labute approximate surface area is 141 Å². The van der Waals surface area contributed by atoms with E-state index in [1.165, 1.54) is 12.8 Å². The molecule has 2 saturated carbocycles. The van der Waals surface area contributed by atoms with Crippen molar-refractivity contribution in [2.45, 2.75) is 91.6 Å². The van der Waals surface area contributed by atoms with Crippen LogP contribution in [0.5, 0.6) is 0 Å². The smallest absolute Gasteiger partial charge is 0.303 e. The number of rotatable bonds is 5. The van der Waals surface area contributed by atoms with E-state index in [9.17, 15) is 9.90 Å². The van der Waals surface area contributed by atoms with Gasteiger partial charge in [-0.2, -0.15) is 0 Å². The highest BCUT2D eigenvalue weighted by Crippen LogP contribution is 2.64. The molecule has 2 aliphatic rings. The molecule has 134 valence electrons. The number of carboxylic acids is 1. The second-order valence-electron chi connectivity index (χ2n) is 9.32. The lowest BCUT2D eigenvalue weighted by molar-refractivity contribution is -0.193. The minimum absolute atomic E-state index is 0.00253. The van der Waals surface area contributed by atoms with Crippen molar-refractivity contribution in [1.29, 1.82) is 0 Å². The Morgan fingerprint density at radius 2 is 1.87 bits per heavy atom. The van der Waals surface area contributed by atoms with Gasteiger partial charge < -0.3 is 10.2 Å². The number of hydrogen-bond acceptors (Lipinski definition) is 2. The zero-order valence-electron chi connectivity index (χ0n) is 15.7. The van der Waals surface area contributed by atoms with Crippen LogP contribution in [0.2, 0.25) is 0 Å². The number of fused-ring (bicyclic) bond motifs is 1. The number of carboxylic acid groups (broad SMARTS) is 1. The fraction of sp³-hybridized carbons (Fsp3) is 0.950. The van der Waals surface area contributed by atoms with E-state index < -0.39 is 11.6 Å². The van der Waals surface area contributed by atoms with Gasteiger partial charge in [-0.15, -0.1) is 0 Å². The molecule has 2 N–H and O–H groups in total. The third-order valence-corrected chi connectivity index (χ3v) is 7.87. The normalized spacial score (nSPS) is 45.3. The molecule has 0 aliphatic heterocycles. The lowest BCUT2D eigenvalue weighted by Crippen LogP contribution is -2.60. The highest BCUT2D eigenvalue weighted by Gasteiger charge is 2.59. The Morgan fingerprint density at radius 3 is 2.48 bits per heavy atom. The van der Waals surface area contributed by atoms with E-state index in [0.717, 1.165) is 32.1 Å². The summed E-state index contributed by atoms with van der Waals surface area (Å²) < 4.78 is 0. The second kappa shape index (κ2) is 6.38. The topological polar surface area (TPSA) is 57.5 Å². The van der Waals surface area contributed by atoms with Crippen molar-refractivity contribution in [2.24, 2.45) is 28.6 Å². The van der Waals surface area contributed by atoms with Gasteiger partial charge in [-0.1, -0.05) is 34.1 Å². The maximum absolute atomic E-state index is 11.1. The first-order chi connectivity index (χ1) is 10.5. The van der Waals surface area contributed by atoms with Crippen molar-refractivity contribution in [3.8, 4) is 0 Å². The molecule has 6 atom stereocenters. The lowest BCUT2D eigenvalue weighted by atomic mass is 9.43. The zero-order valence-corrected chi connectivity index (χ0v) is 15.7. The molecular weight excluding hydrogens is 288 g/mol. The van der Waals surface area contributed by atoms with Gasteiger partial charge in [-0.3, -0.25) is 4.79 Å². The highest BCUT2D eigenvalue weighted by atomic mass is 16.4. The van der Waals surface area contributed by atoms with Crippen LogP contribution in [0.3, 0.4) is 0 Å². The summed E-state index contributed by atoms with van der Waals surface area (Å²) in [6, 6.07) is 0. The van der Waals surface area contributed by atoms with Crippen LogP contribution < -0.4 is 0 Å². The van der Waals surface area contributed by atoms with Crippen LogP contribution in [0.25, 0.3) is 0 Å². The van der Waals surface area contributed by atoms with E-state index in [-0.39, 0.29) is 23.2 Å². The molecule has 2 rings (SSSR count). The molecule has 0 unspecified atom stereocenters. The van der Waals surface area contributed by atoms with Crippen molar-refractivity contribution in [3.05, 3.63) is 0 Å². The van der Waals surface area contributed by atoms with Crippen LogP contribution in [0.1, 0.15) is 86.0 Å². The predicted octanol–water partition coefficient (Wildman–Crippen LogP) is 4.87. The third kappa shape index (κ3) is 3.31. The molecule has 0 heterocycles. The van der Waals surface area contributed by atoms with Crippen LogP contribution in [-0.4, -0.2) is 21.8 Å². The first kappa shape index (κ1) is 18.8. The average Bonchev–Trinajstić information content (AvgIpc) is 2.43. The average molecular weight is 325 g/mol. The summed E-state index contributed by atoms with van der Waals surface area (Å²) >= 11 is 0. The van der Waals surface area contributed by atoms with Gasteiger partial charge in [0.2, 0.25) is 0 Å².